The van der Waals surface area contributed by atoms with Gasteiger partial charge in [0.1, 0.15) is 16.8 Å². The van der Waals surface area contributed by atoms with Crippen LogP contribution in [0.15, 0.2) is 54.6 Å². The molecular weight excluding hydrogens is 413 g/mol. The minimum atomic E-state index is -5.08. The Morgan fingerprint density at radius 1 is 1.03 bits per heavy atom. The fourth-order valence-corrected chi connectivity index (χ4v) is 2.93. The molecule has 0 aliphatic rings. The Kier molecular flexibility index (Phi) is 6.71. The first-order valence-electron chi connectivity index (χ1n) is 9.14. The van der Waals surface area contributed by atoms with Crippen LogP contribution in [0.25, 0.3) is 21.8 Å². The number of rotatable bonds is 5. The molecule has 0 radical (unpaired) electrons. The third-order valence-electron chi connectivity index (χ3n) is 4.42. The number of benzene rings is 3. The summed E-state index contributed by atoms with van der Waals surface area (Å²) in [6, 6.07) is 18.7. The molecule has 1 aromatic heterocycles. The number of carboxylic acid groups (broad SMARTS) is 1. The number of alkyl halides is 3. The molecule has 7 nitrogen and oxygen atoms in total. The smallest absolute Gasteiger partial charge is 0.490 e. The molecule has 0 aliphatic carbocycles. The Morgan fingerprint density at radius 2 is 1.68 bits per heavy atom. The molecule has 0 aliphatic heterocycles. The number of hydrogen-bond acceptors (Lipinski definition) is 5. The third kappa shape index (κ3) is 5.70. The summed E-state index contributed by atoms with van der Waals surface area (Å²) in [6.07, 6.45) is -5.08. The lowest BCUT2D eigenvalue weighted by atomic mass is 10.1. The van der Waals surface area contributed by atoms with Crippen LogP contribution in [0.5, 0.6) is 5.75 Å². The second kappa shape index (κ2) is 9.43. The highest BCUT2D eigenvalue weighted by atomic mass is 19.4. The van der Waals surface area contributed by atoms with E-state index in [9.17, 15) is 13.2 Å². The number of fused-ring (bicyclic) bond motifs is 2. The van der Waals surface area contributed by atoms with Gasteiger partial charge in [0.05, 0.1) is 7.11 Å². The molecule has 0 amide bonds. The van der Waals surface area contributed by atoms with E-state index in [4.69, 9.17) is 14.6 Å². The lowest BCUT2D eigenvalue weighted by Crippen LogP contribution is -2.21. The van der Waals surface area contributed by atoms with Gasteiger partial charge in [-0.05, 0) is 40.6 Å². The monoisotopic (exact) mass is 432 g/mol. The van der Waals surface area contributed by atoms with E-state index in [1.54, 1.807) is 7.11 Å². The van der Waals surface area contributed by atoms with Crippen molar-refractivity contribution < 1.29 is 27.8 Å². The second-order valence-electron chi connectivity index (χ2n) is 6.56. The molecule has 1 heterocycles. The predicted octanol–water partition coefficient (Wildman–Crippen LogP) is 4.04. The molecule has 31 heavy (non-hydrogen) atoms. The summed E-state index contributed by atoms with van der Waals surface area (Å²) in [5, 5.41) is 23.8. The summed E-state index contributed by atoms with van der Waals surface area (Å²) in [4.78, 5) is 8.90. The fourth-order valence-electron chi connectivity index (χ4n) is 2.93. The second-order valence-corrected chi connectivity index (χ2v) is 6.56. The first-order chi connectivity index (χ1) is 14.8. The number of aliphatic carboxylic acids is 1. The highest BCUT2D eigenvalue weighted by molar-refractivity contribution is 5.85. The topological polar surface area (TPSA) is 100 Å². The fraction of sp³-hybridized carbons (Fsp3) is 0.190. The molecule has 0 saturated heterocycles. The van der Waals surface area contributed by atoms with Gasteiger partial charge in [0, 0.05) is 18.7 Å². The number of aromatic amines is 1. The van der Waals surface area contributed by atoms with E-state index in [-0.39, 0.29) is 0 Å². The maximum atomic E-state index is 10.6. The lowest BCUT2D eigenvalue weighted by molar-refractivity contribution is -0.192. The summed E-state index contributed by atoms with van der Waals surface area (Å²) in [5.74, 6) is -1.85. The average Bonchev–Trinajstić information content (AvgIpc) is 3.21. The molecule has 0 unspecified atom stereocenters. The molecule has 0 bridgehead atoms. The van der Waals surface area contributed by atoms with Crippen LogP contribution in [0.2, 0.25) is 0 Å². The first kappa shape index (κ1) is 22.0. The van der Waals surface area contributed by atoms with Crippen LogP contribution < -0.4 is 10.1 Å². The van der Waals surface area contributed by atoms with Gasteiger partial charge in [-0.15, -0.1) is 0 Å². The van der Waals surface area contributed by atoms with Crippen molar-refractivity contribution >= 4 is 27.8 Å². The van der Waals surface area contributed by atoms with Gasteiger partial charge in [0.25, 0.3) is 0 Å². The molecule has 0 atom stereocenters. The van der Waals surface area contributed by atoms with Crippen molar-refractivity contribution in [3.63, 3.8) is 0 Å². The Balaban J connectivity index is 0.000000339. The number of hydrogen-bond donors (Lipinski definition) is 3. The largest absolute Gasteiger partial charge is 0.496 e. The van der Waals surface area contributed by atoms with Gasteiger partial charge in [0.15, 0.2) is 0 Å². The van der Waals surface area contributed by atoms with Crippen LogP contribution in [0.3, 0.4) is 0 Å². The predicted molar refractivity (Wildman–Crippen MR) is 109 cm³/mol. The van der Waals surface area contributed by atoms with Crippen molar-refractivity contribution in [2.75, 3.05) is 7.11 Å². The number of methoxy groups -OCH3 is 1. The highest BCUT2D eigenvalue weighted by Crippen LogP contribution is 2.26. The zero-order valence-electron chi connectivity index (χ0n) is 16.4. The number of halogens is 3. The molecular formula is C21H19F3N4O3. The lowest BCUT2D eigenvalue weighted by Gasteiger charge is -2.11. The minimum Gasteiger partial charge on any atom is -0.496 e. The van der Waals surface area contributed by atoms with Crippen molar-refractivity contribution in [2.45, 2.75) is 19.3 Å². The minimum absolute atomic E-state index is 0.741. The quantitative estimate of drug-likeness (QED) is 0.440. The van der Waals surface area contributed by atoms with Gasteiger partial charge in [-0.25, -0.2) is 4.79 Å². The number of carboxylic acids is 1. The summed E-state index contributed by atoms with van der Waals surface area (Å²) >= 11 is 0. The molecule has 0 saturated carbocycles. The number of H-pyrrole nitrogens is 1. The molecule has 4 aromatic rings. The molecule has 3 aromatic carbocycles. The van der Waals surface area contributed by atoms with Crippen LogP contribution in [0, 0.1) is 0 Å². The summed E-state index contributed by atoms with van der Waals surface area (Å²) < 4.78 is 37.3. The van der Waals surface area contributed by atoms with Crippen molar-refractivity contribution in [1.29, 1.82) is 0 Å². The molecule has 0 spiro atoms. The highest BCUT2D eigenvalue weighted by Gasteiger charge is 2.38. The van der Waals surface area contributed by atoms with Gasteiger partial charge >= 0.3 is 12.1 Å². The van der Waals surface area contributed by atoms with Crippen molar-refractivity contribution in [3.05, 3.63) is 65.7 Å². The van der Waals surface area contributed by atoms with E-state index in [0.717, 1.165) is 35.4 Å². The van der Waals surface area contributed by atoms with Crippen LogP contribution in [-0.4, -0.2) is 39.8 Å². The van der Waals surface area contributed by atoms with E-state index in [1.807, 2.05) is 18.2 Å². The normalized spacial score (nSPS) is 11.2. The standard InChI is InChI=1S/C19H18N4O.C2HF3O2/c1-24-19-10-15-5-3-2-4-14(15)9-16(19)12-20-11-13-6-7-17-18(8-13)22-23-21-17;3-2(4,5)1(6)7/h2-10,20H,11-12H2,1H3,(H,21,22,23);(H,6,7). The van der Waals surface area contributed by atoms with Gasteiger partial charge in [-0.2, -0.15) is 28.6 Å². The Labute approximate surface area is 174 Å². The maximum absolute atomic E-state index is 10.6. The van der Waals surface area contributed by atoms with Gasteiger partial charge < -0.3 is 15.2 Å². The molecule has 4 rings (SSSR count). The molecule has 10 heteroatoms. The SMILES string of the molecule is COc1cc2ccccc2cc1CNCc1ccc2n[nH]nc2c1.O=C(O)C(F)(F)F. The Morgan fingerprint density at radius 3 is 2.32 bits per heavy atom. The van der Waals surface area contributed by atoms with Crippen molar-refractivity contribution in [1.82, 2.24) is 20.7 Å². The van der Waals surface area contributed by atoms with Gasteiger partial charge in [0.2, 0.25) is 0 Å². The van der Waals surface area contributed by atoms with Gasteiger partial charge in [-0.3, -0.25) is 0 Å². The van der Waals surface area contributed by atoms with E-state index < -0.39 is 12.1 Å². The van der Waals surface area contributed by atoms with Crippen molar-refractivity contribution in [3.8, 4) is 5.75 Å². The number of carbonyl (C=O) groups is 1. The average molecular weight is 432 g/mol. The van der Waals surface area contributed by atoms with Crippen molar-refractivity contribution in [2.24, 2.45) is 0 Å². The maximum Gasteiger partial charge on any atom is 0.490 e. The zero-order chi connectivity index (χ0) is 22.4. The number of aromatic nitrogens is 3. The van der Waals surface area contributed by atoms with Crippen LogP contribution in [-0.2, 0) is 17.9 Å². The van der Waals surface area contributed by atoms with E-state index in [2.05, 4.69) is 57.1 Å². The van der Waals surface area contributed by atoms with E-state index in [1.165, 1.54) is 16.3 Å². The first-order valence-corrected chi connectivity index (χ1v) is 9.14. The van der Waals surface area contributed by atoms with Gasteiger partial charge in [-0.1, -0.05) is 30.3 Å². The van der Waals surface area contributed by atoms with Crippen LogP contribution in [0.1, 0.15) is 11.1 Å². The summed E-state index contributed by atoms with van der Waals surface area (Å²) in [7, 11) is 1.71. The number of ether oxygens (including phenoxy) is 1. The Bertz CT molecular complexity index is 1190. The zero-order valence-corrected chi connectivity index (χ0v) is 16.4. The van der Waals surface area contributed by atoms with E-state index >= 15 is 0 Å². The number of nitrogens with zero attached hydrogens (tertiary/aromatic N) is 2. The summed E-state index contributed by atoms with van der Waals surface area (Å²) in [6.45, 7) is 1.50. The third-order valence-corrected chi connectivity index (χ3v) is 4.42. The molecule has 162 valence electrons. The number of nitrogens with one attached hydrogen (secondary N) is 2. The molecule has 3 N–H and O–H groups in total. The van der Waals surface area contributed by atoms with E-state index in [0.29, 0.717) is 0 Å². The van der Waals surface area contributed by atoms with Crippen LogP contribution >= 0.6 is 0 Å². The van der Waals surface area contributed by atoms with Crippen LogP contribution in [0.4, 0.5) is 13.2 Å². The Hall–Kier alpha value is -3.66. The summed E-state index contributed by atoms with van der Waals surface area (Å²) in [5.41, 5.74) is 4.10. The molecule has 0 fully saturated rings.